The molecule has 0 unspecified atom stereocenters. The summed E-state index contributed by atoms with van der Waals surface area (Å²) in [4.78, 5) is 0. The fraction of sp³-hybridized carbons (Fsp3) is 0.500. The highest BCUT2D eigenvalue weighted by molar-refractivity contribution is 5.37. The number of hydrogen-bond donors (Lipinski definition) is 1. The predicted octanol–water partition coefficient (Wildman–Crippen LogP) is 5.07. The van der Waals surface area contributed by atoms with Crippen molar-refractivity contribution in [1.29, 1.82) is 0 Å². The molecule has 0 bridgehead atoms. The molecule has 10 heteroatoms. The minimum atomic E-state index is -5.02. The first-order valence-electron chi connectivity index (χ1n) is 5.82. The minimum absolute atomic E-state index is 0.143. The van der Waals surface area contributed by atoms with E-state index in [9.17, 15) is 39.5 Å². The van der Waals surface area contributed by atoms with E-state index < -0.39 is 54.1 Å². The van der Waals surface area contributed by atoms with E-state index in [0.717, 1.165) is 0 Å². The van der Waals surface area contributed by atoms with Gasteiger partial charge in [0.1, 0.15) is 0 Å². The molecule has 0 fully saturated rings. The number of nitrogens with two attached hydrogens (primary N) is 1. The van der Waals surface area contributed by atoms with E-state index in [1.165, 1.54) is 0 Å². The van der Waals surface area contributed by atoms with Crippen molar-refractivity contribution in [2.45, 2.75) is 37.4 Å². The fourth-order valence-corrected chi connectivity index (χ4v) is 1.78. The predicted molar refractivity (Wildman–Crippen MR) is 58.7 cm³/mol. The maximum atomic E-state index is 12.8. The second-order valence-electron chi connectivity index (χ2n) is 4.56. The van der Waals surface area contributed by atoms with Crippen molar-refractivity contribution in [2.75, 3.05) is 0 Å². The van der Waals surface area contributed by atoms with E-state index in [1.54, 1.807) is 0 Å². The minimum Gasteiger partial charge on any atom is -0.324 e. The highest BCUT2D eigenvalue weighted by Gasteiger charge is 2.38. The third-order valence-electron chi connectivity index (χ3n) is 2.82. The van der Waals surface area contributed by atoms with E-state index in [4.69, 9.17) is 5.73 Å². The molecule has 126 valence electrons. The van der Waals surface area contributed by atoms with Crippen LogP contribution in [0.1, 0.15) is 35.6 Å². The van der Waals surface area contributed by atoms with Gasteiger partial charge < -0.3 is 5.73 Å². The van der Waals surface area contributed by atoms with Crippen LogP contribution in [0.2, 0.25) is 0 Å². The molecular formula is C12H10F9N. The van der Waals surface area contributed by atoms with Gasteiger partial charge in [0.05, 0.1) is 11.1 Å². The monoisotopic (exact) mass is 339 g/mol. The standard InChI is InChI=1S/C12H10F9N/c13-10(14,15)4-3-9(22)7-5-6(11(16,17)18)1-2-8(7)12(19,20)21/h1-2,5,9H,3-4,22H2/t9-/m0/s1. The topological polar surface area (TPSA) is 26.0 Å². The van der Waals surface area contributed by atoms with Crippen LogP contribution >= 0.6 is 0 Å². The second kappa shape index (κ2) is 5.98. The Kier molecular flexibility index (Phi) is 5.05. The van der Waals surface area contributed by atoms with Crippen molar-refractivity contribution in [2.24, 2.45) is 5.73 Å². The quantitative estimate of drug-likeness (QED) is 0.765. The highest BCUT2D eigenvalue weighted by Crippen LogP contribution is 2.39. The van der Waals surface area contributed by atoms with Gasteiger partial charge >= 0.3 is 18.5 Å². The lowest BCUT2D eigenvalue weighted by Crippen LogP contribution is -2.21. The van der Waals surface area contributed by atoms with Crippen molar-refractivity contribution in [3.8, 4) is 0 Å². The third-order valence-corrected chi connectivity index (χ3v) is 2.82. The van der Waals surface area contributed by atoms with Gasteiger partial charge in [0.25, 0.3) is 0 Å². The SMILES string of the molecule is N[C@@H](CCC(F)(F)F)c1cc(C(F)(F)F)ccc1C(F)(F)F. The van der Waals surface area contributed by atoms with Crippen molar-refractivity contribution >= 4 is 0 Å². The first-order valence-corrected chi connectivity index (χ1v) is 5.82. The van der Waals surface area contributed by atoms with Gasteiger partial charge in [0.2, 0.25) is 0 Å². The number of halogens is 9. The average molecular weight is 339 g/mol. The maximum absolute atomic E-state index is 12.8. The van der Waals surface area contributed by atoms with Crippen LogP contribution in [0, 0.1) is 0 Å². The van der Waals surface area contributed by atoms with Gasteiger partial charge in [-0.2, -0.15) is 39.5 Å². The second-order valence-corrected chi connectivity index (χ2v) is 4.56. The zero-order valence-corrected chi connectivity index (χ0v) is 10.7. The van der Waals surface area contributed by atoms with Gasteiger partial charge in [-0.3, -0.25) is 0 Å². The zero-order chi connectivity index (χ0) is 17.3. The molecule has 0 heterocycles. The van der Waals surface area contributed by atoms with Crippen molar-refractivity contribution < 1.29 is 39.5 Å². The van der Waals surface area contributed by atoms with E-state index in [0.29, 0.717) is 0 Å². The summed E-state index contributed by atoms with van der Waals surface area (Å²) >= 11 is 0. The summed E-state index contributed by atoms with van der Waals surface area (Å²) in [6.45, 7) is 0. The average Bonchev–Trinajstić information content (AvgIpc) is 2.32. The number of rotatable bonds is 3. The summed E-state index contributed by atoms with van der Waals surface area (Å²) in [7, 11) is 0. The van der Waals surface area contributed by atoms with Crippen LogP contribution in [0.15, 0.2) is 18.2 Å². The molecule has 1 rings (SSSR count). The highest BCUT2D eigenvalue weighted by atomic mass is 19.4. The normalized spacial score (nSPS) is 15.0. The Hall–Kier alpha value is -1.45. The summed E-state index contributed by atoms with van der Waals surface area (Å²) in [5.74, 6) is 0. The lowest BCUT2D eigenvalue weighted by atomic mass is 9.94. The molecular weight excluding hydrogens is 329 g/mol. The summed E-state index contributed by atoms with van der Waals surface area (Å²) in [5, 5.41) is 0. The molecule has 0 amide bonds. The molecule has 2 N–H and O–H groups in total. The molecule has 1 aromatic carbocycles. The Morgan fingerprint density at radius 2 is 1.41 bits per heavy atom. The van der Waals surface area contributed by atoms with Crippen LogP contribution in [0.3, 0.4) is 0 Å². The molecule has 0 aliphatic carbocycles. The zero-order valence-electron chi connectivity index (χ0n) is 10.7. The molecule has 22 heavy (non-hydrogen) atoms. The van der Waals surface area contributed by atoms with E-state index in [-0.39, 0.29) is 18.2 Å². The van der Waals surface area contributed by atoms with Crippen molar-refractivity contribution in [3.63, 3.8) is 0 Å². The van der Waals surface area contributed by atoms with Crippen molar-refractivity contribution in [3.05, 3.63) is 34.9 Å². The fourth-order valence-electron chi connectivity index (χ4n) is 1.78. The van der Waals surface area contributed by atoms with Crippen molar-refractivity contribution in [1.82, 2.24) is 0 Å². The van der Waals surface area contributed by atoms with Crippen LogP contribution in [-0.2, 0) is 12.4 Å². The Morgan fingerprint density at radius 1 is 0.864 bits per heavy atom. The van der Waals surface area contributed by atoms with Crippen LogP contribution < -0.4 is 5.73 Å². The molecule has 0 aliphatic heterocycles. The summed E-state index contributed by atoms with van der Waals surface area (Å²) in [6.07, 6.45) is -17.1. The van der Waals surface area contributed by atoms with Gasteiger partial charge in [-0.15, -0.1) is 0 Å². The maximum Gasteiger partial charge on any atom is 0.416 e. The van der Waals surface area contributed by atoms with Crippen LogP contribution in [0.5, 0.6) is 0 Å². The Bertz CT molecular complexity index is 513. The van der Waals surface area contributed by atoms with E-state index in [1.807, 2.05) is 0 Å². The number of benzene rings is 1. The van der Waals surface area contributed by atoms with Crippen LogP contribution in [-0.4, -0.2) is 6.18 Å². The molecule has 0 aliphatic rings. The first kappa shape index (κ1) is 18.6. The Balaban J connectivity index is 3.22. The van der Waals surface area contributed by atoms with E-state index >= 15 is 0 Å². The molecule has 0 saturated heterocycles. The van der Waals surface area contributed by atoms with Gasteiger partial charge in [-0.05, 0) is 30.2 Å². The molecule has 1 nitrogen and oxygen atoms in total. The van der Waals surface area contributed by atoms with Crippen LogP contribution in [0.4, 0.5) is 39.5 Å². The Labute approximate surface area is 118 Å². The lowest BCUT2D eigenvalue weighted by molar-refractivity contribution is -0.142. The summed E-state index contributed by atoms with van der Waals surface area (Å²) in [5.41, 5.74) is 1.36. The Morgan fingerprint density at radius 3 is 1.82 bits per heavy atom. The smallest absolute Gasteiger partial charge is 0.324 e. The molecule has 0 aromatic heterocycles. The molecule has 1 aromatic rings. The molecule has 0 radical (unpaired) electrons. The van der Waals surface area contributed by atoms with E-state index in [2.05, 4.69) is 0 Å². The third kappa shape index (κ3) is 5.08. The largest absolute Gasteiger partial charge is 0.416 e. The number of hydrogen-bond acceptors (Lipinski definition) is 1. The lowest BCUT2D eigenvalue weighted by Gasteiger charge is -2.20. The van der Waals surface area contributed by atoms with Gasteiger partial charge in [-0.25, -0.2) is 0 Å². The number of alkyl halides is 9. The van der Waals surface area contributed by atoms with Crippen LogP contribution in [0.25, 0.3) is 0 Å². The molecule has 0 spiro atoms. The summed E-state index contributed by atoms with van der Waals surface area (Å²) in [6, 6.07) is -1.29. The van der Waals surface area contributed by atoms with Gasteiger partial charge in [0, 0.05) is 12.5 Å². The van der Waals surface area contributed by atoms with Gasteiger partial charge in [-0.1, -0.05) is 0 Å². The molecule has 1 atom stereocenters. The molecule has 0 saturated carbocycles. The summed E-state index contributed by atoms with van der Waals surface area (Å²) < 4.78 is 112. The first-order chi connectivity index (χ1) is 9.72. The van der Waals surface area contributed by atoms with Gasteiger partial charge in [0.15, 0.2) is 0 Å².